The molecule has 0 radical (unpaired) electrons. The smallest absolute Gasteiger partial charge is 0.131 e. The Morgan fingerprint density at radius 2 is 1.52 bits per heavy atom. The lowest BCUT2D eigenvalue weighted by Gasteiger charge is -2.16. The van der Waals surface area contributed by atoms with Crippen molar-refractivity contribution in [3.05, 3.63) is 87.1 Å². The maximum absolute atomic E-state index is 14.7. The van der Waals surface area contributed by atoms with Crippen LogP contribution in [0, 0.1) is 12.7 Å². The molecule has 1 aromatic heterocycles. The van der Waals surface area contributed by atoms with Crippen molar-refractivity contribution in [3.8, 4) is 22.4 Å². The highest BCUT2D eigenvalue weighted by molar-refractivity contribution is 6.36. The molecular weight excluding hydrogens is 404 g/mol. The summed E-state index contributed by atoms with van der Waals surface area (Å²) in [4.78, 5) is 4.78. The van der Waals surface area contributed by atoms with Gasteiger partial charge in [0.05, 0.1) is 16.2 Å². The van der Waals surface area contributed by atoms with Crippen LogP contribution in [-0.2, 0) is 0 Å². The van der Waals surface area contributed by atoms with Crippen LogP contribution in [0.3, 0.4) is 0 Å². The molecule has 0 N–H and O–H groups in total. The molecule has 0 atom stereocenters. The first-order chi connectivity index (χ1) is 13.0. The predicted octanol–water partition coefficient (Wildman–Crippen LogP) is 7.98. The molecule has 4 rings (SSSR count). The number of rotatable bonds is 2. The van der Waals surface area contributed by atoms with Gasteiger partial charge in [-0.25, -0.2) is 9.37 Å². The molecule has 0 fully saturated rings. The lowest BCUT2D eigenvalue weighted by molar-refractivity contribution is 0.631. The quantitative estimate of drug-likeness (QED) is 0.323. The van der Waals surface area contributed by atoms with Crippen molar-refractivity contribution in [3.63, 3.8) is 0 Å². The van der Waals surface area contributed by atoms with Crippen molar-refractivity contribution >= 4 is 45.7 Å². The van der Waals surface area contributed by atoms with Crippen molar-refractivity contribution in [2.24, 2.45) is 0 Å². The maximum atomic E-state index is 14.7. The zero-order valence-corrected chi connectivity index (χ0v) is 16.5. The van der Waals surface area contributed by atoms with Gasteiger partial charge in [0.1, 0.15) is 5.82 Å². The van der Waals surface area contributed by atoms with E-state index in [4.69, 9.17) is 39.8 Å². The average molecular weight is 417 g/mol. The number of aromatic nitrogens is 1. The van der Waals surface area contributed by atoms with Crippen LogP contribution in [0.15, 0.2) is 60.7 Å². The van der Waals surface area contributed by atoms with Gasteiger partial charge in [-0.3, -0.25) is 0 Å². The lowest BCUT2D eigenvalue weighted by atomic mass is 9.92. The molecule has 134 valence electrons. The molecular formula is C22H13Cl3FN. The number of benzene rings is 3. The molecule has 0 saturated carbocycles. The van der Waals surface area contributed by atoms with Crippen molar-refractivity contribution in [2.75, 3.05) is 0 Å². The molecule has 5 heteroatoms. The van der Waals surface area contributed by atoms with E-state index in [1.165, 1.54) is 6.07 Å². The Bertz CT molecular complexity index is 1190. The van der Waals surface area contributed by atoms with Crippen molar-refractivity contribution in [1.82, 2.24) is 4.98 Å². The maximum Gasteiger partial charge on any atom is 0.131 e. The molecule has 0 aliphatic rings. The topological polar surface area (TPSA) is 12.9 Å². The van der Waals surface area contributed by atoms with Crippen LogP contribution in [0.25, 0.3) is 33.3 Å². The minimum absolute atomic E-state index is 0.304. The van der Waals surface area contributed by atoms with Gasteiger partial charge >= 0.3 is 0 Å². The van der Waals surface area contributed by atoms with E-state index in [0.29, 0.717) is 31.8 Å². The molecule has 0 saturated heterocycles. The zero-order valence-electron chi connectivity index (χ0n) is 14.2. The van der Waals surface area contributed by atoms with Gasteiger partial charge in [0.2, 0.25) is 0 Å². The zero-order chi connectivity index (χ0) is 19.1. The van der Waals surface area contributed by atoms with Gasteiger partial charge in [-0.15, -0.1) is 0 Å². The van der Waals surface area contributed by atoms with Gasteiger partial charge in [-0.05, 0) is 60.5 Å². The number of pyridine rings is 1. The van der Waals surface area contributed by atoms with Gasteiger partial charge < -0.3 is 0 Å². The second-order valence-corrected chi connectivity index (χ2v) is 7.51. The Labute approximate surface area is 171 Å². The fourth-order valence-electron chi connectivity index (χ4n) is 3.29. The standard InChI is InChI=1S/C22H13Cl3FN/c1-12-21(16-4-2-3-5-19(16)26)17-10-13(23)7-9-20(17)27-22(12)15-8-6-14(24)11-18(15)25/h2-11H,1H3. The molecule has 0 bridgehead atoms. The third-order valence-electron chi connectivity index (χ3n) is 4.52. The Hall–Kier alpha value is -2.13. The highest BCUT2D eigenvalue weighted by Crippen LogP contribution is 2.40. The molecule has 0 aliphatic heterocycles. The number of hydrogen-bond acceptors (Lipinski definition) is 1. The molecule has 0 unspecified atom stereocenters. The Morgan fingerprint density at radius 1 is 0.815 bits per heavy atom. The summed E-state index contributed by atoms with van der Waals surface area (Å²) in [6.45, 7) is 1.91. The molecule has 0 amide bonds. The van der Waals surface area contributed by atoms with E-state index in [1.807, 2.05) is 31.2 Å². The molecule has 0 spiro atoms. The summed E-state index contributed by atoms with van der Waals surface area (Å²) in [5.41, 5.74) is 4.21. The highest BCUT2D eigenvalue weighted by atomic mass is 35.5. The fourth-order valence-corrected chi connectivity index (χ4v) is 3.96. The van der Waals surface area contributed by atoms with Crippen molar-refractivity contribution in [1.29, 1.82) is 0 Å². The van der Waals surface area contributed by atoms with Gasteiger partial charge in [0.25, 0.3) is 0 Å². The van der Waals surface area contributed by atoms with Crippen LogP contribution in [0.4, 0.5) is 4.39 Å². The van der Waals surface area contributed by atoms with Crippen LogP contribution in [0.5, 0.6) is 0 Å². The number of fused-ring (bicyclic) bond motifs is 1. The summed E-state index contributed by atoms with van der Waals surface area (Å²) in [7, 11) is 0. The van der Waals surface area contributed by atoms with E-state index >= 15 is 0 Å². The molecule has 0 aliphatic carbocycles. The van der Waals surface area contributed by atoms with E-state index in [-0.39, 0.29) is 5.82 Å². The van der Waals surface area contributed by atoms with Gasteiger partial charge in [0.15, 0.2) is 0 Å². The first-order valence-electron chi connectivity index (χ1n) is 8.26. The lowest BCUT2D eigenvalue weighted by Crippen LogP contribution is -1.97. The van der Waals surface area contributed by atoms with Crippen LogP contribution in [-0.4, -0.2) is 4.98 Å². The third-order valence-corrected chi connectivity index (χ3v) is 5.30. The third kappa shape index (κ3) is 3.29. The molecule has 27 heavy (non-hydrogen) atoms. The SMILES string of the molecule is Cc1c(-c2ccc(Cl)cc2Cl)nc2ccc(Cl)cc2c1-c1ccccc1F. The second-order valence-electron chi connectivity index (χ2n) is 6.23. The number of nitrogens with zero attached hydrogens (tertiary/aromatic N) is 1. The minimum atomic E-state index is -0.304. The summed E-state index contributed by atoms with van der Waals surface area (Å²) < 4.78 is 14.7. The predicted molar refractivity (Wildman–Crippen MR) is 112 cm³/mol. The van der Waals surface area contributed by atoms with E-state index in [1.54, 1.807) is 30.3 Å². The highest BCUT2D eigenvalue weighted by Gasteiger charge is 2.19. The van der Waals surface area contributed by atoms with Crippen LogP contribution in [0.2, 0.25) is 15.1 Å². The van der Waals surface area contributed by atoms with Crippen LogP contribution >= 0.6 is 34.8 Å². The van der Waals surface area contributed by atoms with E-state index in [0.717, 1.165) is 22.1 Å². The van der Waals surface area contributed by atoms with Crippen LogP contribution in [0.1, 0.15) is 5.56 Å². The summed E-state index contributed by atoms with van der Waals surface area (Å²) in [6.07, 6.45) is 0. The van der Waals surface area contributed by atoms with E-state index < -0.39 is 0 Å². The van der Waals surface area contributed by atoms with Gasteiger partial charge in [-0.2, -0.15) is 0 Å². The Kier molecular flexibility index (Phi) is 4.81. The number of hydrogen-bond donors (Lipinski definition) is 0. The van der Waals surface area contributed by atoms with Crippen molar-refractivity contribution in [2.45, 2.75) is 6.92 Å². The monoisotopic (exact) mass is 415 g/mol. The average Bonchev–Trinajstić information content (AvgIpc) is 2.63. The second kappa shape index (κ2) is 7.12. The van der Waals surface area contributed by atoms with Gasteiger partial charge in [0, 0.05) is 26.6 Å². The van der Waals surface area contributed by atoms with E-state index in [2.05, 4.69) is 0 Å². The Morgan fingerprint density at radius 3 is 2.26 bits per heavy atom. The first kappa shape index (κ1) is 18.2. The fraction of sp³-hybridized carbons (Fsp3) is 0.0455. The Balaban J connectivity index is 2.13. The summed E-state index contributed by atoms with van der Waals surface area (Å²) in [5, 5.41) is 2.40. The number of halogens is 4. The molecule has 1 heterocycles. The minimum Gasteiger partial charge on any atom is -0.247 e. The normalized spacial score (nSPS) is 11.1. The first-order valence-corrected chi connectivity index (χ1v) is 9.39. The summed E-state index contributed by atoms with van der Waals surface area (Å²) in [5.74, 6) is -0.304. The van der Waals surface area contributed by atoms with Crippen molar-refractivity contribution < 1.29 is 4.39 Å². The summed E-state index contributed by atoms with van der Waals surface area (Å²) in [6, 6.07) is 17.3. The molecule has 1 nitrogen and oxygen atoms in total. The largest absolute Gasteiger partial charge is 0.247 e. The summed E-state index contributed by atoms with van der Waals surface area (Å²) >= 11 is 18.7. The van der Waals surface area contributed by atoms with Gasteiger partial charge in [-0.1, -0.05) is 53.0 Å². The molecule has 3 aromatic carbocycles. The van der Waals surface area contributed by atoms with Crippen LogP contribution < -0.4 is 0 Å². The van der Waals surface area contributed by atoms with E-state index in [9.17, 15) is 4.39 Å². The molecule has 4 aromatic rings.